The first-order valence-electron chi connectivity index (χ1n) is 15.9. The Bertz CT molecular complexity index is 1500. The van der Waals surface area contributed by atoms with E-state index in [1.807, 2.05) is 26.2 Å². The molecule has 10 heteroatoms. The number of hydrogen-bond acceptors (Lipinski definition) is 7. The highest BCUT2D eigenvalue weighted by molar-refractivity contribution is 5.94. The maximum atomic E-state index is 13.0. The second-order valence-corrected chi connectivity index (χ2v) is 12.5. The molecule has 2 N–H and O–H groups in total. The average Bonchev–Trinajstić information content (AvgIpc) is 3.73. The van der Waals surface area contributed by atoms with Crippen molar-refractivity contribution in [2.75, 3.05) is 47.8 Å². The van der Waals surface area contributed by atoms with E-state index >= 15 is 0 Å². The number of carbonyl (C=O) groups is 2. The van der Waals surface area contributed by atoms with Gasteiger partial charge in [-0.05, 0) is 87.2 Å². The van der Waals surface area contributed by atoms with Gasteiger partial charge in [0.1, 0.15) is 18.2 Å². The number of nitrogens with one attached hydrogen (secondary N) is 2. The number of likely N-dealkylation sites (tertiary alicyclic amines) is 1. The molecule has 2 heterocycles. The Morgan fingerprint density at radius 3 is 2.67 bits per heavy atom. The van der Waals surface area contributed by atoms with Gasteiger partial charge in [0.05, 0.1) is 18.0 Å². The number of rotatable bonds is 12. The normalized spacial score (nSPS) is 20.0. The molecule has 2 amide bonds. The summed E-state index contributed by atoms with van der Waals surface area (Å²) in [7, 11) is 7.57. The summed E-state index contributed by atoms with van der Waals surface area (Å²) in [5, 5.41) is 20.3. The number of amides is 2. The second-order valence-electron chi connectivity index (χ2n) is 12.5. The van der Waals surface area contributed by atoms with Gasteiger partial charge in [0.2, 0.25) is 5.91 Å². The van der Waals surface area contributed by atoms with E-state index in [2.05, 4.69) is 59.1 Å². The zero-order valence-corrected chi connectivity index (χ0v) is 27.7. The fourth-order valence-electron chi connectivity index (χ4n) is 6.77. The molecule has 45 heavy (non-hydrogen) atoms. The smallest absolute Gasteiger partial charge is 0.253 e. The topological polar surface area (TPSA) is 121 Å². The molecule has 0 radical (unpaired) electrons. The van der Waals surface area contributed by atoms with Gasteiger partial charge in [-0.3, -0.25) is 14.7 Å². The number of carbonyl (C=O) groups excluding carboxylic acids is 2. The van der Waals surface area contributed by atoms with E-state index < -0.39 is 5.41 Å². The van der Waals surface area contributed by atoms with Crippen molar-refractivity contribution in [3.8, 4) is 6.07 Å². The maximum Gasteiger partial charge on any atom is 0.253 e. The summed E-state index contributed by atoms with van der Waals surface area (Å²) in [5.41, 5.74) is 6.93. The quantitative estimate of drug-likeness (QED) is 0.208. The van der Waals surface area contributed by atoms with Crippen LogP contribution in [0.4, 0.5) is 0 Å². The number of fused-ring (bicyclic) bond motifs is 1. The minimum atomic E-state index is -0.658. The Kier molecular flexibility index (Phi) is 11.0. The SMILES string of the molecule is C=C(/C(=C/CC1=C(C)C(CCNCC(=O)N2CCCC2C#N)(c2ncn[nH]2)c2ccc(C(=O)N(C)C)cc2CC1)CC)N(C)C. The van der Waals surface area contributed by atoms with Gasteiger partial charge in [-0.25, -0.2) is 4.98 Å². The maximum absolute atomic E-state index is 13.0. The van der Waals surface area contributed by atoms with E-state index in [9.17, 15) is 14.9 Å². The third-order valence-corrected chi connectivity index (χ3v) is 9.47. The van der Waals surface area contributed by atoms with Crippen LogP contribution >= 0.6 is 0 Å². The lowest BCUT2D eigenvalue weighted by atomic mass is 9.69. The summed E-state index contributed by atoms with van der Waals surface area (Å²) in [5.74, 6) is 0.654. The molecular formula is C35H48N8O2. The predicted octanol–water partition coefficient (Wildman–Crippen LogP) is 4.35. The molecule has 0 bridgehead atoms. The zero-order valence-electron chi connectivity index (χ0n) is 27.7. The Labute approximate surface area is 267 Å². The Morgan fingerprint density at radius 1 is 1.24 bits per heavy atom. The molecule has 2 atom stereocenters. The number of nitrogens with zero attached hydrogens (tertiary/aromatic N) is 6. The lowest BCUT2D eigenvalue weighted by molar-refractivity contribution is -0.130. The van der Waals surface area contributed by atoms with Crippen LogP contribution in [0.3, 0.4) is 0 Å². The van der Waals surface area contributed by atoms with Crippen molar-refractivity contribution in [2.24, 2.45) is 0 Å². The van der Waals surface area contributed by atoms with Gasteiger partial charge in [-0.2, -0.15) is 10.4 Å². The van der Waals surface area contributed by atoms with Crippen LogP contribution in [0, 0.1) is 11.3 Å². The fraction of sp³-hybridized carbons (Fsp3) is 0.514. The van der Waals surface area contributed by atoms with Crippen LogP contribution in [0.1, 0.15) is 79.7 Å². The van der Waals surface area contributed by atoms with Crippen molar-refractivity contribution >= 4 is 11.8 Å². The molecule has 1 saturated heterocycles. The minimum Gasteiger partial charge on any atom is -0.378 e. The number of aromatic nitrogens is 3. The molecule has 10 nitrogen and oxygen atoms in total. The van der Waals surface area contributed by atoms with Crippen LogP contribution in [0.15, 0.2) is 59.6 Å². The largest absolute Gasteiger partial charge is 0.378 e. The van der Waals surface area contributed by atoms with E-state index in [-0.39, 0.29) is 24.4 Å². The van der Waals surface area contributed by atoms with Crippen LogP contribution < -0.4 is 5.32 Å². The first-order chi connectivity index (χ1) is 21.5. The summed E-state index contributed by atoms with van der Waals surface area (Å²) < 4.78 is 0. The number of hydrogen-bond donors (Lipinski definition) is 2. The number of allylic oxidation sites excluding steroid dienone is 4. The lowest BCUT2D eigenvalue weighted by Gasteiger charge is -2.36. The fourth-order valence-corrected chi connectivity index (χ4v) is 6.77. The summed E-state index contributed by atoms with van der Waals surface area (Å²) in [4.78, 5) is 36.1. The molecule has 2 aliphatic rings. The van der Waals surface area contributed by atoms with Gasteiger partial charge in [0.25, 0.3) is 5.91 Å². The number of H-pyrrole nitrogens is 1. The second kappa shape index (κ2) is 14.7. The van der Waals surface area contributed by atoms with Gasteiger partial charge >= 0.3 is 0 Å². The van der Waals surface area contributed by atoms with E-state index in [1.165, 1.54) is 16.7 Å². The third-order valence-electron chi connectivity index (χ3n) is 9.47. The first-order valence-corrected chi connectivity index (χ1v) is 15.9. The van der Waals surface area contributed by atoms with Crippen molar-refractivity contribution in [2.45, 2.75) is 70.3 Å². The zero-order chi connectivity index (χ0) is 32.7. The highest BCUT2D eigenvalue weighted by Gasteiger charge is 2.43. The van der Waals surface area contributed by atoms with Gasteiger partial charge in [-0.15, -0.1) is 0 Å². The molecule has 1 aliphatic heterocycles. The highest BCUT2D eigenvalue weighted by atomic mass is 16.2. The van der Waals surface area contributed by atoms with Crippen molar-refractivity contribution in [3.05, 3.63) is 82.1 Å². The third kappa shape index (κ3) is 7.04. The Morgan fingerprint density at radius 2 is 2.02 bits per heavy atom. The highest BCUT2D eigenvalue weighted by Crippen LogP contribution is 2.47. The van der Waals surface area contributed by atoms with Crippen molar-refractivity contribution in [1.29, 1.82) is 5.26 Å². The van der Waals surface area contributed by atoms with Gasteiger partial charge in [-0.1, -0.05) is 36.8 Å². The standard InChI is InChI=1S/C35H48N8O2/c1-8-26(25(3)41(4)5)11-12-27-13-14-28-20-29(33(45)42(6)7)15-16-31(28)35(24(27)2,34-38-23-39-40-34)17-18-37-22-32(44)43-19-9-10-30(43)21-36/h11,15-16,20,23,30,37H,3,8-10,12-14,17-19,22H2,1-2,4-7H3,(H,38,39,40)/b26-11+. The summed E-state index contributed by atoms with van der Waals surface area (Å²) >= 11 is 0. The number of aromatic amines is 1. The van der Waals surface area contributed by atoms with Crippen molar-refractivity contribution in [3.63, 3.8) is 0 Å². The number of nitriles is 1. The van der Waals surface area contributed by atoms with E-state index in [4.69, 9.17) is 4.98 Å². The molecular weight excluding hydrogens is 564 g/mol. The van der Waals surface area contributed by atoms with Crippen LogP contribution in [0.5, 0.6) is 0 Å². The molecule has 0 saturated carbocycles. The number of aryl methyl sites for hydroxylation is 1. The predicted molar refractivity (Wildman–Crippen MR) is 176 cm³/mol. The Hall–Kier alpha value is -4.23. The minimum absolute atomic E-state index is 0.0345. The number of likely N-dealkylation sites (N-methyl/N-ethyl adjacent to an activating group) is 1. The molecule has 1 aromatic carbocycles. The van der Waals surface area contributed by atoms with Crippen LogP contribution in [-0.2, 0) is 16.6 Å². The molecule has 1 aliphatic carbocycles. The van der Waals surface area contributed by atoms with E-state index in [1.54, 1.807) is 30.2 Å². The monoisotopic (exact) mass is 612 g/mol. The molecule has 2 unspecified atom stereocenters. The van der Waals surface area contributed by atoms with E-state index in [0.717, 1.165) is 61.2 Å². The summed E-state index contributed by atoms with van der Waals surface area (Å²) in [6.45, 7) is 9.97. The molecule has 4 rings (SSSR count). The van der Waals surface area contributed by atoms with Gasteiger partial charge in [0.15, 0.2) is 0 Å². The average molecular weight is 613 g/mol. The summed E-state index contributed by atoms with van der Waals surface area (Å²) in [6.07, 6.45) is 9.32. The summed E-state index contributed by atoms with van der Waals surface area (Å²) in [6, 6.07) is 7.94. The molecule has 2 aromatic rings. The van der Waals surface area contributed by atoms with Crippen molar-refractivity contribution < 1.29 is 9.59 Å². The van der Waals surface area contributed by atoms with Gasteiger partial charge < -0.3 is 20.0 Å². The van der Waals surface area contributed by atoms with Crippen LogP contribution in [0.25, 0.3) is 0 Å². The molecule has 1 fully saturated rings. The van der Waals surface area contributed by atoms with Gasteiger partial charge in [0, 0.05) is 46.0 Å². The van der Waals surface area contributed by atoms with Crippen LogP contribution in [-0.4, -0.2) is 95.6 Å². The van der Waals surface area contributed by atoms with Crippen molar-refractivity contribution in [1.82, 2.24) is 35.2 Å². The molecule has 1 aromatic heterocycles. The molecule has 240 valence electrons. The lowest BCUT2D eigenvalue weighted by Crippen LogP contribution is -2.42. The van der Waals surface area contributed by atoms with E-state index in [0.29, 0.717) is 25.1 Å². The number of benzene rings is 1. The molecule has 0 spiro atoms. The first kappa shape index (κ1) is 33.7. The Balaban J connectivity index is 1.75. The van der Waals surface area contributed by atoms with Crippen LogP contribution in [0.2, 0.25) is 0 Å².